The zero-order valence-electron chi connectivity index (χ0n) is 8.48. The first-order valence-electron chi connectivity index (χ1n) is 4.81. The number of likely N-dealkylation sites (tertiary alicyclic amines) is 1. The Balaban J connectivity index is 2.40. The molecule has 1 aliphatic heterocycles. The van der Waals surface area contributed by atoms with Crippen LogP contribution in [-0.4, -0.2) is 72.5 Å². The Morgan fingerprint density at radius 2 is 2.15 bits per heavy atom. The van der Waals surface area contributed by atoms with Crippen molar-refractivity contribution >= 4 is 0 Å². The van der Waals surface area contributed by atoms with E-state index in [1.807, 2.05) is 14.1 Å². The van der Waals surface area contributed by atoms with Crippen LogP contribution >= 0.6 is 0 Å². The summed E-state index contributed by atoms with van der Waals surface area (Å²) in [6, 6.07) is 0.400. The SMILES string of the molecule is CN(C)CC1CC(O)CN1CCO. The second kappa shape index (κ2) is 4.91. The van der Waals surface area contributed by atoms with Crippen LogP contribution in [0.1, 0.15) is 6.42 Å². The zero-order valence-corrected chi connectivity index (χ0v) is 8.48. The molecule has 78 valence electrons. The Hall–Kier alpha value is -0.160. The van der Waals surface area contributed by atoms with Gasteiger partial charge in [0.25, 0.3) is 0 Å². The maximum Gasteiger partial charge on any atom is 0.0682 e. The Morgan fingerprint density at radius 1 is 1.46 bits per heavy atom. The molecule has 1 rings (SSSR count). The van der Waals surface area contributed by atoms with E-state index >= 15 is 0 Å². The van der Waals surface area contributed by atoms with Crippen molar-refractivity contribution in [2.24, 2.45) is 0 Å². The van der Waals surface area contributed by atoms with Gasteiger partial charge in [0, 0.05) is 25.7 Å². The molecule has 0 aromatic rings. The van der Waals surface area contributed by atoms with E-state index in [4.69, 9.17) is 5.11 Å². The summed E-state index contributed by atoms with van der Waals surface area (Å²) in [7, 11) is 4.06. The first kappa shape index (κ1) is 10.9. The Kier molecular flexibility index (Phi) is 4.12. The third-order valence-corrected chi connectivity index (χ3v) is 2.47. The highest BCUT2D eigenvalue weighted by Crippen LogP contribution is 2.17. The summed E-state index contributed by atoms with van der Waals surface area (Å²) in [6.45, 7) is 2.52. The van der Waals surface area contributed by atoms with Gasteiger partial charge >= 0.3 is 0 Å². The highest BCUT2D eigenvalue weighted by molar-refractivity contribution is 4.86. The maximum absolute atomic E-state index is 9.47. The molecule has 2 N–H and O–H groups in total. The summed E-state index contributed by atoms with van der Waals surface area (Å²) in [4.78, 5) is 4.28. The molecule has 0 aromatic carbocycles. The van der Waals surface area contributed by atoms with Gasteiger partial charge < -0.3 is 15.1 Å². The highest BCUT2D eigenvalue weighted by atomic mass is 16.3. The summed E-state index contributed by atoms with van der Waals surface area (Å²) in [6.07, 6.45) is 0.620. The number of aliphatic hydroxyl groups excluding tert-OH is 2. The van der Waals surface area contributed by atoms with E-state index in [-0.39, 0.29) is 12.7 Å². The quantitative estimate of drug-likeness (QED) is 0.592. The summed E-state index contributed by atoms with van der Waals surface area (Å²) >= 11 is 0. The average Bonchev–Trinajstić information content (AvgIpc) is 2.31. The standard InChI is InChI=1S/C9H20N2O2/c1-10(2)6-8-5-9(13)7-11(8)3-4-12/h8-9,12-13H,3-7H2,1-2H3. The van der Waals surface area contributed by atoms with Crippen molar-refractivity contribution in [1.29, 1.82) is 0 Å². The first-order valence-corrected chi connectivity index (χ1v) is 4.81. The van der Waals surface area contributed by atoms with Crippen LogP contribution < -0.4 is 0 Å². The van der Waals surface area contributed by atoms with Crippen molar-refractivity contribution in [3.05, 3.63) is 0 Å². The first-order chi connectivity index (χ1) is 6.13. The molecule has 2 atom stereocenters. The molecule has 2 unspecified atom stereocenters. The number of β-amino-alcohol motifs (C(OH)–C–C–N with tert-alkyl or cyclic N) is 2. The lowest BCUT2D eigenvalue weighted by Gasteiger charge is -2.25. The summed E-state index contributed by atoms with van der Waals surface area (Å²) in [5.74, 6) is 0. The van der Waals surface area contributed by atoms with Crippen LogP contribution in [0.3, 0.4) is 0 Å². The van der Waals surface area contributed by atoms with E-state index in [2.05, 4.69) is 9.80 Å². The molecule has 4 nitrogen and oxygen atoms in total. The van der Waals surface area contributed by atoms with Gasteiger partial charge in [-0.05, 0) is 20.5 Å². The van der Waals surface area contributed by atoms with Gasteiger partial charge in [0.2, 0.25) is 0 Å². The van der Waals surface area contributed by atoms with Crippen molar-refractivity contribution < 1.29 is 10.2 Å². The number of hydrogen-bond donors (Lipinski definition) is 2. The second-order valence-electron chi connectivity index (χ2n) is 4.02. The van der Waals surface area contributed by atoms with Gasteiger partial charge in [-0.1, -0.05) is 0 Å². The molecule has 0 aromatic heterocycles. The zero-order chi connectivity index (χ0) is 9.84. The molecule has 0 radical (unpaired) electrons. The van der Waals surface area contributed by atoms with Crippen molar-refractivity contribution in [3.8, 4) is 0 Å². The van der Waals surface area contributed by atoms with Crippen LogP contribution in [0.25, 0.3) is 0 Å². The molecule has 1 fully saturated rings. The van der Waals surface area contributed by atoms with E-state index in [1.54, 1.807) is 0 Å². The topological polar surface area (TPSA) is 46.9 Å². The molecule has 0 saturated carbocycles. The van der Waals surface area contributed by atoms with Crippen molar-refractivity contribution in [3.63, 3.8) is 0 Å². The number of rotatable bonds is 4. The number of hydrogen-bond acceptors (Lipinski definition) is 4. The molecule has 4 heteroatoms. The van der Waals surface area contributed by atoms with E-state index in [1.165, 1.54) is 0 Å². The van der Waals surface area contributed by atoms with Gasteiger partial charge in [-0.3, -0.25) is 4.90 Å². The fourth-order valence-corrected chi connectivity index (χ4v) is 1.97. The maximum atomic E-state index is 9.47. The van der Waals surface area contributed by atoms with Crippen molar-refractivity contribution in [2.75, 3.05) is 40.3 Å². The van der Waals surface area contributed by atoms with E-state index in [9.17, 15) is 5.11 Å². The monoisotopic (exact) mass is 188 g/mol. The average molecular weight is 188 g/mol. The van der Waals surface area contributed by atoms with Gasteiger partial charge in [0.05, 0.1) is 12.7 Å². The van der Waals surface area contributed by atoms with Gasteiger partial charge in [0.1, 0.15) is 0 Å². The van der Waals surface area contributed by atoms with Crippen LogP contribution in [0, 0.1) is 0 Å². The van der Waals surface area contributed by atoms with Gasteiger partial charge in [0.15, 0.2) is 0 Å². The normalized spacial score (nSPS) is 30.2. The van der Waals surface area contributed by atoms with E-state index in [0.29, 0.717) is 19.1 Å². The fourth-order valence-electron chi connectivity index (χ4n) is 1.97. The van der Waals surface area contributed by atoms with Crippen LogP contribution in [0.4, 0.5) is 0 Å². The van der Waals surface area contributed by atoms with Crippen LogP contribution in [0.2, 0.25) is 0 Å². The summed E-state index contributed by atoms with van der Waals surface area (Å²) in [5.41, 5.74) is 0. The molecule has 0 spiro atoms. The predicted octanol–water partition coefficient (Wildman–Crippen LogP) is -1.02. The van der Waals surface area contributed by atoms with Crippen molar-refractivity contribution in [1.82, 2.24) is 9.80 Å². The minimum absolute atomic E-state index is 0.177. The smallest absolute Gasteiger partial charge is 0.0682 e. The number of aliphatic hydroxyl groups is 2. The van der Waals surface area contributed by atoms with Gasteiger partial charge in [-0.25, -0.2) is 0 Å². The molecule has 1 saturated heterocycles. The number of nitrogens with zero attached hydrogens (tertiary/aromatic N) is 2. The van der Waals surface area contributed by atoms with E-state index < -0.39 is 0 Å². The minimum atomic E-state index is -0.212. The second-order valence-corrected chi connectivity index (χ2v) is 4.02. The lowest BCUT2D eigenvalue weighted by molar-refractivity contribution is 0.149. The molecular weight excluding hydrogens is 168 g/mol. The summed E-state index contributed by atoms with van der Waals surface area (Å²) in [5, 5.41) is 18.3. The minimum Gasteiger partial charge on any atom is -0.395 e. The van der Waals surface area contributed by atoms with Crippen LogP contribution in [0.15, 0.2) is 0 Å². The molecular formula is C9H20N2O2. The predicted molar refractivity (Wildman–Crippen MR) is 51.6 cm³/mol. The largest absolute Gasteiger partial charge is 0.395 e. The Labute approximate surface area is 79.8 Å². The summed E-state index contributed by atoms with van der Waals surface area (Å²) < 4.78 is 0. The lowest BCUT2D eigenvalue weighted by atomic mass is 10.2. The molecule has 1 heterocycles. The Morgan fingerprint density at radius 3 is 2.69 bits per heavy atom. The number of likely N-dealkylation sites (N-methyl/N-ethyl adjacent to an activating group) is 1. The third kappa shape index (κ3) is 3.23. The Bertz CT molecular complexity index is 153. The lowest BCUT2D eigenvalue weighted by Crippen LogP contribution is -2.39. The van der Waals surface area contributed by atoms with Crippen molar-refractivity contribution in [2.45, 2.75) is 18.6 Å². The molecule has 0 aliphatic carbocycles. The van der Waals surface area contributed by atoms with Crippen LogP contribution in [0.5, 0.6) is 0 Å². The molecule has 13 heavy (non-hydrogen) atoms. The van der Waals surface area contributed by atoms with Crippen LogP contribution in [-0.2, 0) is 0 Å². The molecule has 1 aliphatic rings. The fraction of sp³-hybridized carbons (Fsp3) is 1.00. The van der Waals surface area contributed by atoms with Gasteiger partial charge in [-0.2, -0.15) is 0 Å². The highest BCUT2D eigenvalue weighted by Gasteiger charge is 2.30. The van der Waals surface area contributed by atoms with E-state index in [0.717, 1.165) is 13.0 Å². The third-order valence-electron chi connectivity index (χ3n) is 2.47. The van der Waals surface area contributed by atoms with Gasteiger partial charge in [-0.15, -0.1) is 0 Å². The molecule has 0 amide bonds. The molecule has 0 bridgehead atoms.